The Kier molecular flexibility index (Phi) is 7.39. The van der Waals surface area contributed by atoms with Gasteiger partial charge in [0, 0.05) is 12.6 Å². The van der Waals surface area contributed by atoms with Gasteiger partial charge in [-0.15, -0.1) is 0 Å². The van der Waals surface area contributed by atoms with Crippen LogP contribution in [-0.2, 0) is 4.79 Å². The first-order valence-electron chi connectivity index (χ1n) is 7.80. The van der Waals surface area contributed by atoms with Gasteiger partial charge in [0.2, 0.25) is 5.91 Å². The van der Waals surface area contributed by atoms with Gasteiger partial charge in [0.15, 0.2) is 0 Å². The van der Waals surface area contributed by atoms with Gasteiger partial charge in [-0.25, -0.2) is 0 Å². The Bertz CT molecular complexity index is 262. The summed E-state index contributed by atoms with van der Waals surface area (Å²) in [5.41, 5.74) is 0. The number of rotatable bonds is 7. The molecule has 0 saturated carbocycles. The quantitative estimate of drug-likeness (QED) is 0.738. The first-order valence-corrected chi connectivity index (χ1v) is 7.80. The number of hydrogen-bond acceptors (Lipinski definition) is 3. The lowest BCUT2D eigenvalue weighted by Gasteiger charge is -2.38. The summed E-state index contributed by atoms with van der Waals surface area (Å²) in [4.78, 5) is 14.6. The van der Waals surface area contributed by atoms with Gasteiger partial charge in [-0.05, 0) is 51.7 Å². The third kappa shape index (κ3) is 5.49. The molecule has 1 amide bonds. The van der Waals surface area contributed by atoms with Gasteiger partial charge < -0.3 is 10.6 Å². The number of nitrogens with zero attached hydrogens (tertiary/aromatic N) is 1. The molecular weight excluding hydrogens is 238 g/mol. The smallest absolute Gasteiger partial charge is 0.237 e. The number of amides is 1. The average Bonchev–Trinajstić information content (AvgIpc) is 2.42. The highest BCUT2D eigenvalue weighted by atomic mass is 16.2. The van der Waals surface area contributed by atoms with Gasteiger partial charge >= 0.3 is 0 Å². The third-order valence-electron chi connectivity index (χ3n) is 3.82. The summed E-state index contributed by atoms with van der Waals surface area (Å²) in [7, 11) is 0. The van der Waals surface area contributed by atoms with Crippen molar-refractivity contribution in [2.24, 2.45) is 5.92 Å². The summed E-state index contributed by atoms with van der Waals surface area (Å²) in [5.74, 6) is 0.690. The molecule has 4 nitrogen and oxygen atoms in total. The first-order chi connectivity index (χ1) is 9.06. The molecular formula is C15H31N3O. The minimum Gasteiger partial charge on any atom is -0.354 e. The van der Waals surface area contributed by atoms with Crippen molar-refractivity contribution in [1.29, 1.82) is 0 Å². The molecule has 1 heterocycles. The zero-order valence-corrected chi connectivity index (χ0v) is 13.0. The molecule has 19 heavy (non-hydrogen) atoms. The largest absolute Gasteiger partial charge is 0.354 e. The van der Waals surface area contributed by atoms with Crippen LogP contribution in [0.4, 0.5) is 0 Å². The fraction of sp³-hybridized carbons (Fsp3) is 0.933. The van der Waals surface area contributed by atoms with E-state index in [-0.39, 0.29) is 11.9 Å². The molecule has 1 atom stereocenters. The summed E-state index contributed by atoms with van der Waals surface area (Å²) in [6, 6.07) is 0.544. The van der Waals surface area contributed by atoms with E-state index in [1.54, 1.807) is 0 Å². The highest BCUT2D eigenvalue weighted by Gasteiger charge is 2.28. The SMILES string of the molecule is CCCN(C1CCNCC1)C(C)C(=O)NCC(C)C. The fourth-order valence-electron chi connectivity index (χ4n) is 2.69. The molecule has 0 aromatic rings. The maximum absolute atomic E-state index is 12.2. The standard InChI is InChI=1S/C15H31N3O/c1-5-10-18(14-6-8-16-9-7-14)13(4)15(19)17-11-12(2)3/h12-14,16H,5-11H2,1-4H3,(H,17,19). The lowest BCUT2D eigenvalue weighted by Crippen LogP contribution is -2.53. The molecule has 1 saturated heterocycles. The van der Waals surface area contributed by atoms with Crippen molar-refractivity contribution in [2.45, 2.75) is 59.0 Å². The second kappa shape index (κ2) is 8.54. The molecule has 2 N–H and O–H groups in total. The zero-order chi connectivity index (χ0) is 14.3. The number of hydrogen-bond donors (Lipinski definition) is 2. The van der Waals surface area contributed by atoms with Gasteiger partial charge in [0.05, 0.1) is 6.04 Å². The van der Waals surface area contributed by atoms with Crippen LogP contribution < -0.4 is 10.6 Å². The molecule has 0 radical (unpaired) electrons. The van der Waals surface area contributed by atoms with Crippen molar-refractivity contribution >= 4 is 5.91 Å². The topological polar surface area (TPSA) is 44.4 Å². The average molecular weight is 269 g/mol. The molecule has 4 heteroatoms. The molecule has 0 bridgehead atoms. The van der Waals surface area contributed by atoms with Crippen LogP contribution in [-0.4, -0.2) is 49.1 Å². The number of nitrogens with one attached hydrogen (secondary N) is 2. The maximum Gasteiger partial charge on any atom is 0.237 e. The van der Waals surface area contributed by atoms with Crippen LogP contribution in [0, 0.1) is 5.92 Å². The van der Waals surface area contributed by atoms with Gasteiger partial charge in [0.25, 0.3) is 0 Å². The van der Waals surface area contributed by atoms with E-state index in [4.69, 9.17) is 0 Å². The number of piperidine rings is 1. The molecule has 0 aromatic heterocycles. The molecule has 112 valence electrons. The predicted molar refractivity (Wildman–Crippen MR) is 80.2 cm³/mol. The van der Waals surface area contributed by atoms with Crippen molar-refractivity contribution in [1.82, 2.24) is 15.5 Å². The molecule has 1 rings (SSSR count). The van der Waals surface area contributed by atoms with Gasteiger partial charge in [-0.1, -0.05) is 20.8 Å². The van der Waals surface area contributed by atoms with E-state index in [0.29, 0.717) is 12.0 Å². The Balaban J connectivity index is 2.55. The summed E-state index contributed by atoms with van der Waals surface area (Å²) in [6.45, 7) is 12.4. The highest BCUT2D eigenvalue weighted by Crippen LogP contribution is 2.16. The summed E-state index contributed by atoms with van der Waals surface area (Å²) >= 11 is 0. The maximum atomic E-state index is 12.2. The van der Waals surface area contributed by atoms with E-state index < -0.39 is 0 Å². The van der Waals surface area contributed by atoms with Gasteiger partial charge in [-0.2, -0.15) is 0 Å². The Morgan fingerprint density at radius 3 is 2.47 bits per heavy atom. The number of carbonyl (C=O) groups is 1. The van der Waals surface area contributed by atoms with Crippen molar-refractivity contribution in [3.8, 4) is 0 Å². The van der Waals surface area contributed by atoms with Gasteiger partial charge in [0.1, 0.15) is 0 Å². The summed E-state index contributed by atoms with van der Waals surface area (Å²) in [6.07, 6.45) is 3.41. The van der Waals surface area contributed by atoms with E-state index in [0.717, 1.165) is 45.4 Å². The van der Waals surface area contributed by atoms with Crippen LogP contribution in [0.2, 0.25) is 0 Å². The molecule has 0 aliphatic carbocycles. The van der Waals surface area contributed by atoms with Crippen molar-refractivity contribution in [3.05, 3.63) is 0 Å². The van der Waals surface area contributed by atoms with Gasteiger partial charge in [-0.3, -0.25) is 9.69 Å². The van der Waals surface area contributed by atoms with Crippen LogP contribution in [0.3, 0.4) is 0 Å². The Labute approximate surface area is 118 Å². The Morgan fingerprint density at radius 2 is 1.95 bits per heavy atom. The Hall–Kier alpha value is -0.610. The third-order valence-corrected chi connectivity index (χ3v) is 3.82. The van der Waals surface area contributed by atoms with E-state index >= 15 is 0 Å². The van der Waals surface area contributed by atoms with E-state index in [1.807, 2.05) is 6.92 Å². The van der Waals surface area contributed by atoms with Crippen LogP contribution in [0.1, 0.15) is 47.0 Å². The van der Waals surface area contributed by atoms with E-state index in [9.17, 15) is 4.79 Å². The normalized spacial score (nSPS) is 18.8. The lowest BCUT2D eigenvalue weighted by molar-refractivity contribution is -0.127. The lowest BCUT2D eigenvalue weighted by atomic mass is 10.0. The Morgan fingerprint density at radius 1 is 1.32 bits per heavy atom. The van der Waals surface area contributed by atoms with Crippen molar-refractivity contribution in [2.75, 3.05) is 26.2 Å². The summed E-state index contributed by atoms with van der Waals surface area (Å²) in [5, 5.41) is 6.46. The second-order valence-electron chi connectivity index (χ2n) is 6.03. The summed E-state index contributed by atoms with van der Waals surface area (Å²) < 4.78 is 0. The van der Waals surface area contributed by atoms with Crippen LogP contribution >= 0.6 is 0 Å². The van der Waals surface area contributed by atoms with Crippen LogP contribution in [0.5, 0.6) is 0 Å². The molecule has 1 aliphatic heterocycles. The number of carbonyl (C=O) groups excluding carboxylic acids is 1. The molecule has 1 unspecified atom stereocenters. The second-order valence-corrected chi connectivity index (χ2v) is 6.03. The first kappa shape index (κ1) is 16.4. The predicted octanol–water partition coefficient (Wildman–Crippen LogP) is 1.61. The molecule has 0 aromatic carbocycles. The minimum atomic E-state index is -0.0122. The monoisotopic (exact) mass is 269 g/mol. The molecule has 0 spiro atoms. The molecule has 1 fully saturated rings. The molecule has 1 aliphatic rings. The highest BCUT2D eigenvalue weighted by molar-refractivity contribution is 5.81. The fourth-order valence-corrected chi connectivity index (χ4v) is 2.69. The van der Waals surface area contributed by atoms with Crippen molar-refractivity contribution < 1.29 is 4.79 Å². The van der Waals surface area contributed by atoms with Crippen LogP contribution in [0.15, 0.2) is 0 Å². The zero-order valence-electron chi connectivity index (χ0n) is 13.0. The van der Waals surface area contributed by atoms with E-state index in [2.05, 4.69) is 36.3 Å². The minimum absolute atomic E-state index is 0.0122. The van der Waals surface area contributed by atoms with Crippen molar-refractivity contribution in [3.63, 3.8) is 0 Å². The van der Waals surface area contributed by atoms with E-state index in [1.165, 1.54) is 0 Å². The van der Waals surface area contributed by atoms with Crippen LogP contribution in [0.25, 0.3) is 0 Å².